The summed E-state index contributed by atoms with van der Waals surface area (Å²) in [5.74, 6) is -0.459. The first-order chi connectivity index (χ1) is 10.9. The van der Waals surface area contributed by atoms with Crippen molar-refractivity contribution in [2.75, 3.05) is 19.8 Å². The van der Waals surface area contributed by atoms with Crippen molar-refractivity contribution in [3.05, 3.63) is 35.4 Å². The topological polar surface area (TPSA) is 82.1 Å². The van der Waals surface area contributed by atoms with E-state index in [2.05, 4.69) is 0 Å². The van der Waals surface area contributed by atoms with Gasteiger partial charge in [-0.2, -0.15) is 0 Å². The predicted molar refractivity (Wildman–Crippen MR) is 87.2 cm³/mol. The molecule has 7 heteroatoms. The Bertz CT molecular complexity index is 535. The van der Waals surface area contributed by atoms with Gasteiger partial charge in [-0.3, -0.25) is 9.36 Å². The van der Waals surface area contributed by atoms with Crippen LogP contribution in [0.15, 0.2) is 24.3 Å². The summed E-state index contributed by atoms with van der Waals surface area (Å²) in [5.41, 5.74) is 1.28. The van der Waals surface area contributed by atoms with Crippen molar-refractivity contribution in [2.45, 2.75) is 39.5 Å². The Balaban J connectivity index is 2.83. The lowest BCUT2D eigenvalue weighted by atomic mass is 10.0. The molecule has 1 N–H and O–H groups in total. The average molecular weight is 344 g/mol. The molecule has 0 fully saturated rings. The van der Waals surface area contributed by atoms with Crippen molar-refractivity contribution in [2.24, 2.45) is 0 Å². The summed E-state index contributed by atoms with van der Waals surface area (Å²) in [7, 11) is -3.20. The van der Waals surface area contributed by atoms with Crippen molar-refractivity contribution in [1.82, 2.24) is 0 Å². The smallest absolute Gasteiger partial charge is 0.335 e. The van der Waals surface area contributed by atoms with Crippen LogP contribution in [0.25, 0.3) is 0 Å². The number of ether oxygens (including phenoxy) is 1. The van der Waals surface area contributed by atoms with Crippen molar-refractivity contribution in [3.8, 4) is 0 Å². The Morgan fingerprint density at radius 1 is 1.17 bits per heavy atom. The third-order valence-electron chi connectivity index (χ3n) is 3.03. The van der Waals surface area contributed by atoms with Gasteiger partial charge in [0.2, 0.25) is 0 Å². The van der Waals surface area contributed by atoms with E-state index in [0.717, 1.165) is 5.56 Å². The highest BCUT2D eigenvalue weighted by Crippen LogP contribution is 2.51. The Morgan fingerprint density at radius 3 is 2.39 bits per heavy atom. The third kappa shape index (κ3) is 6.83. The molecule has 6 nitrogen and oxygen atoms in total. The van der Waals surface area contributed by atoms with E-state index in [0.29, 0.717) is 18.8 Å². The number of esters is 1. The van der Waals surface area contributed by atoms with E-state index < -0.39 is 19.7 Å². The minimum Gasteiger partial charge on any atom is -0.466 e. The van der Waals surface area contributed by atoms with E-state index in [1.54, 1.807) is 45.0 Å². The highest BCUT2D eigenvalue weighted by atomic mass is 31.2. The molecule has 0 spiro atoms. The zero-order valence-electron chi connectivity index (χ0n) is 13.9. The quantitative estimate of drug-likeness (QED) is 0.517. The first-order valence-corrected chi connectivity index (χ1v) is 9.47. The molecule has 0 radical (unpaired) electrons. The average Bonchev–Trinajstić information content (AvgIpc) is 2.47. The van der Waals surface area contributed by atoms with Gasteiger partial charge in [-0.25, -0.2) is 0 Å². The molecule has 130 valence electrons. The van der Waals surface area contributed by atoms with Crippen LogP contribution in [-0.4, -0.2) is 30.9 Å². The molecular weight excluding hydrogens is 319 g/mol. The number of hydrogen-bond acceptors (Lipinski definition) is 6. The van der Waals surface area contributed by atoms with Gasteiger partial charge in [0.15, 0.2) is 0 Å². The first-order valence-electron chi connectivity index (χ1n) is 7.74. The molecule has 0 saturated heterocycles. The fourth-order valence-corrected chi connectivity index (χ4v) is 3.83. The number of hydrogen-bond donors (Lipinski definition) is 1. The molecule has 0 saturated carbocycles. The number of carbonyl (C=O) groups is 1. The zero-order chi connectivity index (χ0) is 17.3. The van der Waals surface area contributed by atoms with Crippen molar-refractivity contribution in [1.29, 1.82) is 0 Å². The third-order valence-corrected chi connectivity index (χ3v) is 5.08. The lowest BCUT2D eigenvalue weighted by Crippen LogP contribution is -2.10. The Morgan fingerprint density at radius 2 is 1.83 bits per heavy atom. The molecule has 23 heavy (non-hydrogen) atoms. The van der Waals surface area contributed by atoms with Gasteiger partial charge in [-0.1, -0.05) is 24.3 Å². The second-order valence-electron chi connectivity index (χ2n) is 4.87. The largest absolute Gasteiger partial charge is 0.466 e. The van der Waals surface area contributed by atoms with Crippen LogP contribution in [0.4, 0.5) is 0 Å². The van der Waals surface area contributed by atoms with Crippen LogP contribution in [0.5, 0.6) is 0 Å². The van der Waals surface area contributed by atoms with Gasteiger partial charge in [0.1, 0.15) is 0 Å². The van der Waals surface area contributed by atoms with E-state index in [9.17, 15) is 14.5 Å². The number of carbonyl (C=O) groups excluding carboxylic acids is 1. The fraction of sp³-hybridized carbons (Fsp3) is 0.562. The van der Waals surface area contributed by atoms with Gasteiger partial charge in [-0.15, -0.1) is 0 Å². The van der Waals surface area contributed by atoms with E-state index in [-0.39, 0.29) is 19.2 Å². The molecule has 0 aliphatic rings. The second kappa shape index (κ2) is 9.83. The lowest BCUT2D eigenvalue weighted by Gasteiger charge is -2.18. The summed E-state index contributed by atoms with van der Waals surface area (Å²) in [6.07, 6.45) is -0.965. The highest BCUT2D eigenvalue weighted by molar-refractivity contribution is 7.53. The van der Waals surface area contributed by atoms with E-state index in [4.69, 9.17) is 13.8 Å². The molecule has 1 aromatic carbocycles. The molecule has 0 aliphatic carbocycles. The van der Waals surface area contributed by atoms with E-state index >= 15 is 0 Å². The predicted octanol–water partition coefficient (Wildman–Crippen LogP) is 3.44. The van der Waals surface area contributed by atoms with Crippen molar-refractivity contribution < 1.29 is 28.3 Å². The van der Waals surface area contributed by atoms with Crippen LogP contribution < -0.4 is 0 Å². The normalized spacial score (nSPS) is 12.9. The molecule has 1 atom stereocenters. The monoisotopic (exact) mass is 344 g/mol. The Kier molecular flexibility index (Phi) is 8.48. The minimum atomic E-state index is -3.20. The second-order valence-corrected chi connectivity index (χ2v) is 6.93. The lowest BCUT2D eigenvalue weighted by molar-refractivity contribution is -0.145. The summed E-state index contributed by atoms with van der Waals surface area (Å²) < 4.78 is 27.9. The van der Waals surface area contributed by atoms with Crippen LogP contribution in [0.1, 0.15) is 44.4 Å². The van der Waals surface area contributed by atoms with Crippen LogP contribution in [0, 0.1) is 0 Å². The van der Waals surface area contributed by atoms with Gasteiger partial charge in [0.05, 0.1) is 38.5 Å². The standard InChI is InChI=1S/C16H25O6P/c1-4-20-16(18)11-15(17)14-9-7-8-13(10-14)12-23(19,21-5-2)22-6-3/h7-10,15,17H,4-6,11-12H2,1-3H3/t15-/m1/s1. The van der Waals surface area contributed by atoms with Crippen LogP contribution >= 0.6 is 7.60 Å². The Labute approximate surface area is 137 Å². The molecule has 0 heterocycles. The molecule has 0 aromatic heterocycles. The summed E-state index contributed by atoms with van der Waals surface area (Å²) in [6.45, 7) is 6.09. The maximum absolute atomic E-state index is 12.5. The van der Waals surface area contributed by atoms with E-state index in [1.165, 1.54) is 0 Å². The summed E-state index contributed by atoms with van der Waals surface area (Å²) in [5, 5.41) is 10.1. The minimum absolute atomic E-state index is 0.119. The molecule has 0 bridgehead atoms. The van der Waals surface area contributed by atoms with Gasteiger partial charge >= 0.3 is 13.6 Å². The number of rotatable bonds is 10. The van der Waals surface area contributed by atoms with Crippen LogP contribution in [0.3, 0.4) is 0 Å². The molecule has 0 unspecified atom stereocenters. The summed E-state index contributed by atoms with van der Waals surface area (Å²) in [6, 6.07) is 6.93. The maximum atomic E-state index is 12.5. The fourth-order valence-electron chi connectivity index (χ4n) is 2.14. The zero-order valence-corrected chi connectivity index (χ0v) is 14.8. The molecular formula is C16H25O6P. The van der Waals surface area contributed by atoms with E-state index in [1.807, 2.05) is 0 Å². The highest BCUT2D eigenvalue weighted by Gasteiger charge is 2.24. The maximum Gasteiger partial charge on any atom is 0.335 e. The van der Waals surface area contributed by atoms with Gasteiger partial charge in [0, 0.05) is 0 Å². The van der Waals surface area contributed by atoms with Gasteiger partial charge < -0.3 is 18.9 Å². The van der Waals surface area contributed by atoms with Gasteiger partial charge in [-0.05, 0) is 31.9 Å². The van der Waals surface area contributed by atoms with Crippen LogP contribution in [-0.2, 0) is 29.3 Å². The van der Waals surface area contributed by atoms with Crippen LogP contribution in [0.2, 0.25) is 0 Å². The molecule has 1 rings (SSSR count). The van der Waals surface area contributed by atoms with Crippen molar-refractivity contribution in [3.63, 3.8) is 0 Å². The Hall–Kier alpha value is -1.20. The number of aliphatic hydroxyl groups excluding tert-OH is 1. The summed E-state index contributed by atoms with van der Waals surface area (Å²) >= 11 is 0. The first kappa shape index (κ1) is 19.8. The SMILES string of the molecule is CCOC(=O)C[C@@H](O)c1cccc(CP(=O)(OCC)OCC)c1. The molecule has 0 amide bonds. The van der Waals surface area contributed by atoms with Crippen molar-refractivity contribution >= 4 is 13.6 Å². The molecule has 0 aliphatic heterocycles. The summed E-state index contributed by atoms with van der Waals surface area (Å²) in [4.78, 5) is 11.4. The van der Waals surface area contributed by atoms with Gasteiger partial charge in [0.25, 0.3) is 0 Å². The number of aliphatic hydroxyl groups is 1. The molecule has 1 aromatic rings. The number of benzene rings is 1.